The van der Waals surface area contributed by atoms with Gasteiger partial charge in [-0.05, 0) is 61.1 Å². The van der Waals surface area contributed by atoms with Gasteiger partial charge in [-0.25, -0.2) is 9.07 Å². The predicted molar refractivity (Wildman–Crippen MR) is 115 cm³/mol. The van der Waals surface area contributed by atoms with Crippen molar-refractivity contribution in [2.24, 2.45) is 0 Å². The van der Waals surface area contributed by atoms with Crippen molar-refractivity contribution in [3.05, 3.63) is 76.4 Å². The van der Waals surface area contributed by atoms with Crippen LogP contribution in [-0.2, 0) is 19.5 Å². The van der Waals surface area contributed by atoms with E-state index in [-0.39, 0.29) is 11.7 Å². The monoisotopic (exact) mass is 419 g/mol. The van der Waals surface area contributed by atoms with Crippen LogP contribution < -0.4 is 0 Å². The van der Waals surface area contributed by atoms with Gasteiger partial charge in [-0.1, -0.05) is 29.5 Å². The van der Waals surface area contributed by atoms with Crippen molar-refractivity contribution >= 4 is 5.91 Å². The van der Waals surface area contributed by atoms with Crippen molar-refractivity contribution in [2.45, 2.75) is 39.3 Å². The highest BCUT2D eigenvalue weighted by atomic mass is 19.1. The van der Waals surface area contributed by atoms with Crippen molar-refractivity contribution in [1.82, 2.24) is 24.8 Å². The fourth-order valence-corrected chi connectivity index (χ4v) is 4.65. The predicted octanol–water partition coefficient (Wildman–Crippen LogP) is 3.51. The topological polar surface area (TPSA) is 54.3 Å². The van der Waals surface area contributed by atoms with E-state index >= 15 is 0 Å². The van der Waals surface area contributed by atoms with E-state index in [0.717, 1.165) is 68.9 Å². The van der Waals surface area contributed by atoms with Crippen LogP contribution in [0.5, 0.6) is 0 Å². The molecule has 1 saturated heterocycles. The van der Waals surface area contributed by atoms with Crippen LogP contribution in [0.2, 0.25) is 0 Å². The van der Waals surface area contributed by atoms with Gasteiger partial charge >= 0.3 is 0 Å². The summed E-state index contributed by atoms with van der Waals surface area (Å²) in [6.07, 6.45) is 3.00. The van der Waals surface area contributed by atoms with Crippen molar-refractivity contribution in [1.29, 1.82) is 0 Å². The Bertz CT molecular complexity index is 1100. The number of halogens is 1. The highest BCUT2D eigenvalue weighted by Gasteiger charge is 2.27. The fraction of sp³-hybridized carbons (Fsp3) is 0.375. The Kier molecular flexibility index (Phi) is 5.28. The largest absolute Gasteiger partial charge is 0.337 e. The number of fused-ring (bicyclic) bond motifs is 1. The molecule has 31 heavy (non-hydrogen) atoms. The average molecular weight is 420 g/mol. The third-order valence-electron chi connectivity index (χ3n) is 6.36. The Balaban J connectivity index is 1.38. The van der Waals surface area contributed by atoms with Gasteiger partial charge in [0.1, 0.15) is 5.82 Å². The van der Waals surface area contributed by atoms with E-state index in [2.05, 4.69) is 27.3 Å². The van der Waals surface area contributed by atoms with Crippen LogP contribution in [0, 0.1) is 12.7 Å². The molecular formula is C24H26FN5O. The lowest BCUT2D eigenvalue weighted by Gasteiger charge is -2.30. The number of likely N-dealkylation sites (tertiary alicyclic amines) is 1. The lowest BCUT2D eigenvalue weighted by atomic mass is 9.97. The number of hydrogen-bond acceptors (Lipinski definition) is 4. The Labute approximate surface area is 181 Å². The molecule has 0 unspecified atom stereocenters. The number of carbonyl (C=O) groups is 1. The van der Waals surface area contributed by atoms with Crippen molar-refractivity contribution in [3.63, 3.8) is 0 Å². The van der Waals surface area contributed by atoms with Crippen LogP contribution >= 0.6 is 0 Å². The summed E-state index contributed by atoms with van der Waals surface area (Å²) in [7, 11) is 0. The maximum atomic E-state index is 13.2. The molecule has 2 aliphatic rings. The van der Waals surface area contributed by atoms with E-state index in [1.54, 1.807) is 0 Å². The zero-order valence-electron chi connectivity index (χ0n) is 17.7. The van der Waals surface area contributed by atoms with E-state index in [1.165, 1.54) is 23.3 Å². The van der Waals surface area contributed by atoms with E-state index in [0.29, 0.717) is 5.69 Å². The highest BCUT2D eigenvalue weighted by molar-refractivity contribution is 5.93. The molecule has 0 spiro atoms. The molecule has 0 bridgehead atoms. The molecule has 1 aromatic heterocycles. The van der Waals surface area contributed by atoms with Gasteiger partial charge in [0.2, 0.25) is 0 Å². The van der Waals surface area contributed by atoms with Gasteiger partial charge < -0.3 is 4.90 Å². The van der Waals surface area contributed by atoms with Crippen molar-refractivity contribution < 1.29 is 9.18 Å². The van der Waals surface area contributed by atoms with Crippen LogP contribution in [0.4, 0.5) is 4.39 Å². The van der Waals surface area contributed by atoms with Gasteiger partial charge in [0.05, 0.1) is 11.4 Å². The van der Waals surface area contributed by atoms with Gasteiger partial charge in [0.25, 0.3) is 5.91 Å². The highest BCUT2D eigenvalue weighted by Crippen LogP contribution is 2.27. The lowest BCUT2D eigenvalue weighted by Crippen LogP contribution is -2.31. The number of aromatic nitrogens is 3. The number of rotatable bonds is 4. The van der Waals surface area contributed by atoms with E-state index in [1.807, 2.05) is 34.7 Å². The van der Waals surface area contributed by atoms with Crippen LogP contribution in [0.15, 0.2) is 42.5 Å². The quantitative estimate of drug-likeness (QED) is 0.650. The molecule has 6 nitrogen and oxygen atoms in total. The zero-order valence-corrected chi connectivity index (χ0v) is 17.7. The molecule has 0 aliphatic carbocycles. The van der Waals surface area contributed by atoms with Crippen molar-refractivity contribution in [2.75, 3.05) is 19.6 Å². The first kappa shape index (κ1) is 19.9. The number of amides is 1. The number of hydrogen-bond donors (Lipinski definition) is 0. The lowest BCUT2D eigenvalue weighted by molar-refractivity contribution is 0.0786. The first-order valence-electron chi connectivity index (χ1n) is 10.9. The second-order valence-electron chi connectivity index (χ2n) is 8.44. The van der Waals surface area contributed by atoms with Gasteiger partial charge in [-0.15, -0.1) is 5.10 Å². The molecule has 0 radical (unpaired) electrons. The molecule has 160 valence electrons. The molecule has 0 atom stereocenters. The van der Waals surface area contributed by atoms with Crippen molar-refractivity contribution in [3.8, 4) is 5.69 Å². The first-order chi connectivity index (χ1) is 15.1. The summed E-state index contributed by atoms with van der Waals surface area (Å²) in [6.45, 7) is 6.06. The second-order valence-corrected chi connectivity index (χ2v) is 8.44. The maximum absolute atomic E-state index is 13.2. The Hall–Kier alpha value is -3.06. The summed E-state index contributed by atoms with van der Waals surface area (Å²) in [5.41, 5.74) is 5.87. The normalized spacial score (nSPS) is 16.5. The molecule has 1 fully saturated rings. The van der Waals surface area contributed by atoms with Crippen LogP contribution in [0.3, 0.4) is 0 Å². The van der Waals surface area contributed by atoms with Gasteiger partial charge in [-0.2, -0.15) is 0 Å². The third kappa shape index (κ3) is 3.85. The molecule has 7 heteroatoms. The average Bonchev–Trinajstić information content (AvgIpc) is 3.45. The number of benzene rings is 2. The molecule has 1 amide bonds. The summed E-state index contributed by atoms with van der Waals surface area (Å²) >= 11 is 0. The van der Waals surface area contributed by atoms with Gasteiger partial charge in [0, 0.05) is 32.7 Å². The smallest absolute Gasteiger partial charge is 0.276 e. The van der Waals surface area contributed by atoms with E-state index < -0.39 is 0 Å². The number of carbonyl (C=O) groups excluding carboxylic acids is 1. The molecule has 2 aromatic carbocycles. The summed E-state index contributed by atoms with van der Waals surface area (Å²) in [6, 6.07) is 13.0. The van der Waals surface area contributed by atoms with Gasteiger partial charge in [0.15, 0.2) is 5.69 Å². The Morgan fingerprint density at radius 2 is 1.84 bits per heavy atom. The first-order valence-corrected chi connectivity index (χ1v) is 10.9. The summed E-state index contributed by atoms with van der Waals surface area (Å²) < 4.78 is 15.0. The van der Waals surface area contributed by atoms with Crippen LogP contribution in [0.25, 0.3) is 5.69 Å². The summed E-state index contributed by atoms with van der Waals surface area (Å²) in [4.78, 5) is 17.1. The molecule has 3 aromatic rings. The molecule has 0 N–H and O–H groups in total. The Morgan fingerprint density at radius 3 is 2.61 bits per heavy atom. The van der Waals surface area contributed by atoms with E-state index in [9.17, 15) is 9.18 Å². The third-order valence-corrected chi connectivity index (χ3v) is 6.36. The Morgan fingerprint density at radius 1 is 1.06 bits per heavy atom. The maximum Gasteiger partial charge on any atom is 0.276 e. The standard InChI is InChI=1S/C24H26FN5O/c1-17-23(24(31)29-12-2-3-13-29)26-27-30(17)22-6-4-5-19-16-28(14-11-21(19)22)15-18-7-9-20(25)10-8-18/h4-10H,2-3,11-16H2,1H3. The summed E-state index contributed by atoms with van der Waals surface area (Å²) in [5, 5.41) is 8.60. The van der Waals surface area contributed by atoms with E-state index in [4.69, 9.17) is 0 Å². The molecule has 2 aliphatic heterocycles. The van der Waals surface area contributed by atoms with Crippen LogP contribution in [-0.4, -0.2) is 50.3 Å². The second kappa shape index (κ2) is 8.23. The minimum absolute atomic E-state index is 0.0171. The van der Waals surface area contributed by atoms with Gasteiger partial charge in [-0.3, -0.25) is 9.69 Å². The molecular weight excluding hydrogens is 393 g/mol. The van der Waals surface area contributed by atoms with Crippen LogP contribution in [0.1, 0.15) is 45.7 Å². The minimum atomic E-state index is -0.205. The fourth-order valence-electron chi connectivity index (χ4n) is 4.65. The minimum Gasteiger partial charge on any atom is -0.337 e. The SMILES string of the molecule is Cc1c(C(=O)N2CCCC2)nnn1-c1cccc2c1CCN(Cc1ccc(F)cc1)C2. The molecule has 3 heterocycles. The molecule has 5 rings (SSSR count). The summed E-state index contributed by atoms with van der Waals surface area (Å²) in [5.74, 6) is -0.223. The zero-order chi connectivity index (χ0) is 21.4. The molecule has 0 saturated carbocycles. The number of nitrogens with zero attached hydrogens (tertiary/aromatic N) is 5.